The molecule has 0 aromatic heterocycles. The van der Waals surface area contributed by atoms with Crippen molar-refractivity contribution in [2.24, 2.45) is 5.92 Å². The monoisotopic (exact) mass is 317 g/mol. The fourth-order valence-electron chi connectivity index (χ4n) is 2.80. The lowest BCUT2D eigenvalue weighted by atomic mass is 9.89. The summed E-state index contributed by atoms with van der Waals surface area (Å²) in [5.41, 5.74) is 0.515. The van der Waals surface area contributed by atoms with Gasteiger partial charge in [-0.25, -0.2) is 0 Å². The molecule has 0 radical (unpaired) electrons. The third-order valence-corrected chi connectivity index (χ3v) is 4.02. The molecule has 23 heavy (non-hydrogen) atoms. The molecule has 0 N–H and O–H groups in total. The van der Waals surface area contributed by atoms with Crippen molar-refractivity contribution in [3.8, 4) is 5.75 Å². The molecule has 126 valence electrons. The Labute approximate surface area is 139 Å². The van der Waals surface area contributed by atoms with Crippen molar-refractivity contribution in [3.63, 3.8) is 0 Å². The molecule has 0 atom stereocenters. The van der Waals surface area contributed by atoms with Crippen LogP contribution in [0, 0.1) is 5.92 Å². The number of ether oxygens (including phenoxy) is 2. The molecule has 0 bridgehead atoms. The van der Waals surface area contributed by atoms with Crippen LogP contribution < -0.4 is 4.74 Å². The van der Waals surface area contributed by atoms with Crippen molar-refractivity contribution in [3.05, 3.63) is 42.3 Å². The number of piperidine rings is 1. The molecule has 0 aliphatic carbocycles. The van der Waals surface area contributed by atoms with E-state index in [-0.39, 0.29) is 17.3 Å². The van der Waals surface area contributed by atoms with E-state index in [0.29, 0.717) is 5.88 Å². The molecule has 1 aromatic carbocycles. The topological polar surface area (TPSA) is 38.8 Å². The molecule has 1 fully saturated rings. The highest BCUT2D eigenvalue weighted by Gasteiger charge is 2.27. The Balaban J connectivity index is 1.90. The maximum Gasteiger partial charge on any atom is 0.182 e. The SMILES string of the molecule is C=C(OC(C)(C)C)N1CCC(C(=O)c2ccc(OC)cc2)CC1. The highest BCUT2D eigenvalue weighted by molar-refractivity contribution is 5.98. The number of carbonyl (C=O) groups is 1. The van der Waals surface area contributed by atoms with E-state index < -0.39 is 0 Å². The Kier molecular flexibility index (Phi) is 5.34. The summed E-state index contributed by atoms with van der Waals surface area (Å²) in [6.07, 6.45) is 1.66. The molecule has 1 aliphatic rings. The molecule has 0 saturated carbocycles. The van der Waals surface area contributed by atoms with E-state index in [1.54, 1.807) is 7.11 Å². The Bertz CT molecular complexity index is 549. The summed E-state index contributed by atoms with van der Waals surface area (Å²) in [5, 5.41) is 0. The summed E-state index contributed by atoms with van der Waals surface area (Å²) < 4.78 is 10.9. The van der Waals surface area contributed by atoms with Crippen molar-refractivity contribution in [1.82, 2.24) is 4.90 Å². The highest BCUT2D eigenvalue weighted by Crippen LogP contribution is 2.26. The van der Waals surface area contributed by atoms with Crippen LogP contribution in [-0.4, -0.2) is 36.5 Å². The minimum Gasteiger partial charge on any atom is -0.497 e. The molecule has 1 saturated heterocycles. The number of Topliss-reactive ketones (excluding diaryl/α,β-unsaturated/α-hetero) is 1. The predicted molar refractivity (Wildman–Crippen MR) is 91.6 cm³/mol. The van der Waals surface area contributed by atoms with E-state index in [2.05, 4.69) is 11.5 Å². The molecule has 1 heterocycles. The Morgan fingerprint density at radius 2 is 1.74 bits per heavy atom. The van der Waals surface area contributed by atoms with Gasteiger partial charge in [-0.05, 0) is 64.5 Å². The molecular weight excluding hydrogens is 290 g/mol. The van der Waals surface area contributed by atoms with E-state index in [9.17, 15) is 4.79 Å². The van der Waals surface area contributed by atoms with Gasteiger partial charge < -0.3 is 14.4 Å². The second kappa shape index (κ2) is 7.07. The molecule has 4 nitrogen and oxygen atoms in total. The summed E-state index contributed by atoms with van der Waals surface area (Å²) in [7, 11) is 1.62. The number of methoxy groups -OCH3 is 1. The van der Waals surface area contributed by atoms with Gasteiger partial charge in [0.1, 0.15) is 11.4 Å². The maximum atomic E-state index is 12.6. The van der Waals surface area contributed by atoms with Crippen LogP contribution in [0.3, 0.4) is 0 Å². The summed E-state index contributed by atoms with van der Waals surface area (Å²) in [5.74, 6) is 1.76. The van der Waals surface area contributed by atoms with Gasteiger partial charge in [0.25, 0.3) is 0 Å². The second-order valence-corrected chi connectivity index (χ2v) is 6.96. The first kappa shape index (κ1) is 17.4. The largest absolute Gasteiger partial charge is 0.497 e. The highest BCUT2D eigenvalue weighted by atomic mass is 16.5. The Hall–Kier alpha value is -1.97. The summed E-state index contributed by atoms with van der Waals surface area (Å²) >= 11 is 0. The van der Waals surface area contributed by atoms with Crippen molar-refractivity contribution in [2.45, 2.75) is 39.2 Å². The molecule has 4 heteroatoms. The van der Waals surface area contributed by atoms with Crippen molar-refractivity contribution >= 4 is 5.78 Å². The summed E-state index contributed by atoms with van der Waals surface area (Å²) in [6, 6.07) is 7.35. The number of hydrogen-bond donors (Lipinski definition) is 0. The lowest BCUT2D eigenvalue weighted by molar-refractivity contribution is -0.00497. The van der Waals surface area contributed by atoms with Crippen molar-refractivity contribution in [1.29, 1.82) is 0 Å². The number of hydrogen-bond acceptors (Lipinski definition) is 4. The van der Waals surface area contributed by atoms with Gasteiger partial charge in [-0.15, -0.1) is 0 Å². The first-order valence-electron chi connectivity index (χ1n) is 8.11. The fourth-order valence-corrected chi connectivity index (χ4v) is 2.80. The van der Waals surface area contributed by atoms with E-state index in [1.807, 2.05) is 45.0 Å². The minimum absolute atomic E-state index is 0.0714. The van der Waals surface area contributed by atoms with Gasteiger partial charge in [-0.3, -0.25) is 4.79 Å². The zero-order valence-electron chi connectivity index (χ0n) is 14.6. The molecule has 0 spiro atoms. The minimum atomic E-state index is -0.243. The second-order valence-electron chi connectivity index (χ2n) is 6.96. The number of carbonyl (C=O) groups excluding carboxylic acids is 1. The number of rotatable bonds is 5. The zero-order valence-corrected chi connectivity index (χ0v) is 14.6. The number of ketones is 1. The third-order valence-electron chi connectivity index (χ3n) is 4.02. The smallest absolute Gasteiger partial charge is 0.182 e. The van der Waals surface area contributed by atoms with Crippen molar-refractivity contribution in [2.75, 3.05) is 20.2 Å². The van der Waals surface area contributed by atoms with Crippen LogP contribution in [0.25, 0.3) is 0 Å². The fraction of sp³-hybridized carbons (Fsp3) is 0.526. The van der Waals surface area contributed by atoms with Crippen LogP contribution in [0.1, 0.15) is 44.0 Å². The van der Waals surface area contributed by atoms with Gasteiger partial charge in [0, 0.05) is 24.6 Å². The van der Waals surface area contributed by atoms with Gasteiger partial charge in [-0.1, -0.05) is 0 Å². The lowest BCUT2D eigenvalue weighted by Crippen LogP contribution is -2.38. The van der Waals surface area contributed by atoms with E-state index >= 15 is 0 Å². The van der Waals surface area contributed by atoms with Crippen LogP contribution in [0.15, 0.2) is 36.7 Å². The first-order chi connectivity index (χ1) is 10.8. The van der Waals surface area contributed by atoms with Gasteiger partial charge in [-0.2, -0.15) is 0 Å². The van der Waals surface area contributed by atoms with E-state index in [1.165, 1.54) is 0 Å². The average molecular weight is 317 g/mol. The standard InChI is InChI=1S/C19H27NO3/c1-14(23-19(2,3)4)20-12-10-16(11-13-20)18(21)15-6-8-17(22-5)9-7-15/h6-9,16H,1,10-13H2,2-5H3. The first-order valence-corrected chi connectivity index (χ1v) is 8.11. The zero-order chi connectivity index (χ0) is 17.0. The maximum absolute atomic E-state index is 12.6. The van der Waals surface area contributed by atoms with Crippen LogP contribution in [0.2, 0.25) is 0 Å². The molecule has 1 aliphatic heterocycles. The molecule has 2 rings (SSSR count). The van der Waals surface area contributed by atoms with Gasteiger partial charge in [0.15, 0.2) is 11.7 Å². The molecule has 0 amide bonds. The van der Waals surface area contributed by atoms with E-state index in [0.717, 1.165) is 37.2 Å². The number of likely N-dealkylation sites (tertiary alicyclic amines) is 1. The van der Waals surface area contributed by atoms with Gasteiger partial charge in [0.05, 0.1) is 7.11 Å². The van der Waals surface area contributed by atoms with Crippen LogP contribution in [0.4, 0.5) is 0 Å². The van der Waals surface area contributed by atoms with Crippen LogP contribution in [0.5, 0.6) is 5.75 Å². The number of benzene rings is 1. The summed E-state index contributed by atoms with van der Waals surface area (Å²) in [6.45, 7) is 11.7. The normalized spacial score (nSPS) is 16.1. The Morgan fingerprint density at radius 3 is 2.22 bits per heavy atom. The van der Waals surface area contributed by atoms with Crippen LogP contribution >= 0.6 is 0 Å². The molecule has 1 aromatic rings. The van der Waals surface area contributed by atoms with E-state index in [4.69, 9.17) is 9.47 Å². The van der Waals surface area contributed by atoms with Gasteiger partial charge >= 0.3 is 0 Å². The predicted octanol–water partition coefficient (Wildman–Crippen LogP) is 3.88. The van der Waals surface area contributed by atoms with Gasteiger partial charge in [0.2, 0.25) is 0 Å². The average Bonchev–Trinajstić information content (AvgIpc) is 2.53. The molecular formula is C19H27NO3. The lowest BCUT2D eigenvalue weighted by Gasteiger charge is -2.36. The summed E-state index contributed by atoms with van der Waals surface area (Å²) in [4.78, 5) is 14.7. The van der Waals surface area contributed by atoms with Crippen LogP contribution in [-0.2, 0) is 4.74 Å². The Morgan fingerprint density at radius 1 is 1.17 bits per heavy atom. The number of nitrogens with zero attached hydrogens (tertiary/aromatic N) is 1. The van der Waals surface area contributed by atoms with Crippen molar-refractivity contribution < 1.29 is 14.3 Å². The quantitative estimate of drug-likeness (QED) is 0.610. The third kappa shape index (κ3) is 4.75. The molecule has 0 unspecified atom stereocenters.